The molecular formula is C11H24S2. The highest BCUT2D eigenvalue weighted by molar-refractivity contribution is 8.00. The lowest BCUT2D eigenvalue weighted by atomic mass is 10.1. The molecule has 0 radical (unpaired) electrons. The van der Waals surface area contributed by atoms with Crippen molar-refractivity contribution in [2.45, 2.75) is 57.5 Å². The molecule has 13 heavy (non-hydrogen) atoms. The highest BCUT2D eigenvalue weighted by Gasteiger charge is 2.10. The van der Waals surface area contributed by atoms with Gasteiger partial charge in [-0.2, -0.15) is 24.4 Å². The summed E-state index contributed by atoms with van der Waals surface area (Å²) in [6.07, 6.45) is 4.09. The van der Waals surface area contributed by atoms with Crippen molar-refractivity contribution in [2.24, 2.45) is 5.92 Å². The summed E-state index contributed by atoms with van der Waals surface area (Å²) < 4.78 is 0. The third-order valence-electron chi connectivity index (χ3n) is 2.37. The van der Waals surface area contributed by atoms with Crippen molar-refractivity contribution in [3.63, 3.8) is 0 Å². The summed E-state index contributed by atoms with van der Waals surface area (Å²) in [6.45, 7) is 9.07. The Morgan fingerprint density at radius 1 is 1.23 bits per heavy atom. The van der Waals surface area contributed by atoms with E-state index in [9.17, 15) is 0 Å². The monoisotopic (exact) mass is 220 g/mol. The van der Waals surface area contributed by atoms with Gasteiger partial charge in [-0.15, -0.1) is 0 Å². The summed E-state index contributed by atoms with van der Waals surface area (Å²) in [5, 5.41) is 1.20. The van der Waals surface area contributed by atoms with Gasteiger partial charge in [-0.3, -0.25) is 0 Å². The first kappa shape index (κ1) is 13.7. The van der Waals surface area contributed by atoms with Gasteiger partial charge >= 0.3 is 0 Å². The van der Waals surface area contributed by atoms with Crippen molar-refractivity contribution in [1.82, 2.24) is 0 Å². The Balaban J connectivity index is 3.40. The van der Waals surface area contributed by atoms with Crippen LogP contribution in [0, 0.1) is 5.92 Å². The second-order valence-electron chi connectivity index (χ2n) is 4.03. The Morgan fingerprint density at radius 3 is 2.31 bits per heavy atom. The lowest BCUT2D eigenvalue weighted by Crippen LogP contribution is -2.12. The van der Waals surface area contributed by atoms with Gasteiger partial charge in [0.1, 0.15) is 0 Å². The Labute approximate surface area is 93.7 Å². The fourth-order valence-electron chi connectivity index (χ4n) is 1.09. The number of thiol groups is 1. The van der Waals surface area contributed by atoms with Crippen LogP contribution in [0.3, 0.4) is 0 Å². The molecule has 0 aliphatic carbocycles. The molecule has 0 saturated carbocycles. The van der Waals surface area contributed by atoms with E-state index in [1.807, 2.05) is 0 Å². The maximum absolute atomic E-state index is 4.45. The molecule has 0 heterocycles. The second-order valence-corrected chi connectivity index (χ2v) is 6.25. The minimum atomic E-state index is 0.517. The quantitative estimate of drug-likeness (QED) is 0.626. The number of thioether (sulfide) groups is 1. The minimum Gasteiger partial charge on any atom is -0.175 e. The topological polar surface area (TPSA) is 0 Å². The average Bonchev–Trinajstić information content (AvgIpc) is 2.10. The molecule has 0 N–H and O–H groups in total. The fourth-order valence-corrected chi connectivity index (χ4v) is 2.43. The summed E-state index contributed by atoms with van der Waals surface area (Å²) in [7, 11) is 0. The van der Waals surface area contributed by atoms with Crippen molar-refractivity contribution in [1.29, 1.82) is 0 Å². The van der Waals surface area contributed by atoms with Gasteiger partial charge in [-0.1, -0.05) is 40.5 Å². The average molecular weight is 220 g/mol. The number of hydrogen-bond acceptors (Lipinski definition) is 2. The SMILES string of the molecule is CCCC[C@H](C)CSC(C)[C@@H](C)S. The van der Waals surface area contributed by atoms with Gasteiger partial charge in [-0.05, 0) is 18.1 Å². The Hall–Kier alpha value is 0.700. The summed E-state index contributed by atoms with van der Waals surface area (Å²) in [5.41, 5.74) is 0. The molecule has 3 atom stereocenters. The fraction of sp³-hybridized carbons (Fsp3) is 1.00. The highest BCUT2D eigenvalue weighted by Crippen LogP contribution is 2.22. The van der Waals surface area contributed by atoms with Crippen LogP contribution in [0.25, 0.3) is 0 Å². The minimum absolute atomic E-state index is 0.517. The standard InChI is InChI=1S/C11H24S2/c1-5-6-7-9(2)8-13-11(4)10(3)12/h9-12H,5-8H2,1-4H3/t9-,10+,11?/m0/s1. The molecule has 80 valence electrons. The molecular weight excluding hydrogens is 196 g/mol. The molecule has 0 aliphatic heterocycles. The number of unbranched alkanes of at least 4 members (excludes halogenated alkanes) is 1. The van der Waals surface area contributed by atoms with E-state index >= 15 is 0 Å². The molecule has 0 fully saturated rings. The van der Waals surface area contributed by atoms with Crippen LogP contribution in [-0.2, 0) is 0 Å². The zero-order chi connectivity index (χ0) is 10.3. The van der Waals surface area contributed by atoms with Gasteiger partial charge in [-0.25, -0.2) is 0 Å². The zero-order valence-corrected chi connectivity index (χ0v) is 11.1. The summed E-state index contributed by atoms with van der Waals surface area (Å²) in [4.78, 5) is 0. The summed E-state index contributed by atoms with van der Waals surface area (Å²) in [6, 6.07) is 0. The smallest absolute Gasteiger partial charge is 0.0133 e. The van der Waals surface area contributed by atoms with E-state index in [0.29, 0.717) is 10.5 Å². The van der Waals surface area contributed by atoms with E-state index in [2.05, 4.69) is 52.1 Å². The molecule has 0 saturated heterocycles. The van der Waals surface area contributed by atoms with E-state index in [0.717, 1.165) is 5.92 Å². The number of rotatable bonds is 7. The lowest BCUT2D eigenvalue weighted by Gasteiger charge is -2.17. The van der Waals surface area contributed by atoms with Crippen LogP contribution in [0.1, 0.15) is 47.0 Å². The van der Waals surface area contributed by atoms with Crippen LogP contribution in [0.4, 0.5) is 0 Å². The molecule has 0 rings (SSSR count). The van der Waals surface area contributed by atoms with Crippen molar-refractivity contribution in [3.8, 4) is 0 Å². The van der Waals surface area contributed by atoms with Crippen molar-refractivity contribution >= 4 is 24.4 Å². The third-order valence-corrected chi connectivity index (χ3v) is 4.72. The molecule has 1 unspecified atom stereocenters. The van der Waals surface area contributed by atoms with Gasteiger partial charge < -0.3 is 0 Å². The molecule has 0 amide bonds. The molecule has 0 nitrogen and oxygen atoms in total. The molecule has 2 heteroatoms. The van der Waals surface area contributed by atoms with Crippen LogP contribution in [0.5, 0.6) is 0 Å². The van der Waals surface area contributed by atoms with Crippen LogP contribution >= 0.6 is 24.4 Å². The second kappa shape index (κ2) is 8.05. The van der Waals surface area contributed by atoms with Gasteiger partial charge in [0.25, 0.3) is 0 Å². The van der Waals surface area contributed by atoms with Gasteiger partial charge in [0.15, 0.2) is 0 Å². The molecule has 0 aromatic rings. The van der Waals surface area contributed by atoms with Gasteiger partial charge in [0, 0.05) is 10.5 Å². The largest absolute Gasteiger partial charge is 0.175 e. The molecule has 0 spiro atoms. The third kappa shape index (κ3) is 7.75. The van der Waals surface area contributed by atoms with E-state index in [1.54, 1.807) is 0 Å². The van der Waals surface area contributed by atoms with Crippen molar-refractivity contribution < 1.29 is 0 Å². The summed E-state index contributed by atoms with van der Waals surface area (Å²) in [5.74, 6) is 2.17. The maximum atomic E-state index is 4.45. The van der Waals surface area contributed by atoms with E-state index < -0.39 is 0 Å². The first-order chi connectivity index (χ1) is 6.07. The van der Waals surface area contributed by atoms with E-state index in [1.165, 1.54) is 25.0 Å². The first-order valence-corrected chi connectivity index (χ1v) is 6.94. The van der Waals surface area contributed by atoms with E-state index in [4.69, 9.17) is 0 Å². The Kier molecular flexibility index (Phi) is 8.48. The Morgan fingerprint density at radius 2 is 1.85 bits per heavy atom. The first-order valence-electron chi connectivity index (χ1n) is 5.37. The predicted octanol–water partition coefficient (Wildman–Crippen LogP) is 4.25. The number of hydrogen-bond donors (Lipinski definition) is 1. The lowest BCUT2D eigenvalue weighted by molar-refractivity contribution is 0.557. The van der Waals surface area contributed by atoms with Crippen molar-refractivity contribution in [3.05, 3.63) is 0 Å². The van der Waals surface area contributed by atoms with Crippen LogP contribution in [0.2, 0.25) is 0 Å². The predicted molar refractivity (Wildman–Crippen MR) is 69.1 cm³/mol. The van der Waals surface area contributed by atoms with Crippen LogP contribution in [0.15, 0.2) is 0 Å². The molecule has 0 aromatic heterocycles. The van der Waals surface area contributed by atoms with Gasteiger partial charge in [0.05, 0.1) is 0 Å². The van der Waals surface area contributed by atoms with Crippen LogP contribution in [-0.4, -0.2) is 16.3 Å². The normalized spacial score (nSPS) is 18.2. The highest BCUT2D eigenvalue weighted by atomic mass is 32.2. The Bertz CT molecular complexity index is 113. The van der Waals surface area contributed by atoms with Crippen molar-refractivity contribution in [2.75, 3.05) is 5.75 Å². The molecule has 0 bridgehead atoms. The zero-order valence-electron chi connectivity index (χ0n) is 9.42. The molecule has 0 aromatic carbocycles. The maximum Gasteiger partial charge on any atom is 0.0133 e. The summed E-state index contributed by atoms with van der Waals surface area (Å²) >= 11 is 6.51. The van der Waals surface area contributed by atoms with E-state index in [-0.39, 0.29) is 0 Å². The van der Waals surface area contributed by atoms with Crippen LogP contribution < -0.4 is 0 Å². The molecule has 0 aliphatic rings. The van der Waals surface area contributed by atoms with Gasteiger partial charge in [0.2, 0.25) is 0 Å².